The van der Waals surface area contributed by atoms with Crippen molar-refractivity contribution in [1.82, 2.24) is 14.9 Å². The van der Waals surface area contributed by atoms with Gasteiger partial charge in [-0.2, -0.15) is 9.97 Å². The number of halogens is 1. The van der Waals surface area contributed by atoms with Crippen molar-refractivity contribution < 1.29 is 28.1 Å². The zero-order valence-electron chi connectivity index (χ0n) is 26.9. The lowest BCUT2D eigenvalue weighted by atomic mass is 9.74. The molecule has 3 aromatic rings. The molecule has 4 heterocycles. The topological polar surface area (TPSA) is 95.0 Å². The summed E-state index contributed by atoms with van der Waals surface area (Å²) in [6.45, 7) is 7.85. The first-order valence-electron chi connectivity index (χ1n) is 16.5. The van der Waals surface area contributed by atoms with Crippen LogP contribution in [-0.2, 0) is 41.1 Å². The molecule has 1 aromatic heterocycles. The Labute approximate surface area is 269 Å². The van der Waals surface area contributed by atoms with Gasteiger partial charge in [-0.1, -0.05) is 36.4 Å². The average molecular weight is 631 g/mol. The maximum atomic E-state index is 14.5. The standard InChI is InChI=1S/C36H43FN4O5/c1-34(2,3)46-33(42)38-27-13-12-25-11-7-15-36(29(25)17-27)19-30-28(22-45-36)31(43-21-24-9-5-4-6-10-24)40-32(39-30)44-23-35-14-8-16-41(35)20-26(37)18-35/h4-6,9-10,12-13,17,26H,7-8,11,14-16,18-23H2,1-3H3,(H,38,42)/t26-,35+,36+/m1/s1. The molecule has 4 aliphatic rings. The van der Waals surface area contributed by atoms with Crippen LogP contribution in [0.15, 0.2) is 48.5 Å². The highest BCUT2D eigenvalue weighted by molar-refractivity contribution is 5.85. The summed E-state index contributed by atoms with van der Waals surface area (Å²) in [5, 5.41) is 2.89. The molecule has 1 spiro atoms. The van der Waals surface area contributed by atoms with Crippen LogP contribution in [0.4, 0.5) is 14.9 Å². The number of hydrogen-bond donors (Lipinski definition) is 1. The smallest absolute Gasteiger partial charge is 0.412 e. The van der Waals surface area contributed by atoms with Gasteiger partial charge in [-0.15, -0.1) is 0 Å². The molecule has 1 N–H and O–H groups in total. The van der Waals surface area contributed by atoms with Crippen molar-refractivity contribution in [3.63, 3.8) is 0 Å². The van der Waals surface area contributed by atoms with Gasteiger partial charge in [0.1, 0.15) is 25.0 Å². The number of anilines is 1. The van der Waals surface area contributed by atoms with E-state index in [-0.39, 0.29) is 18.2 Å². The highest BCUT2D eigenvalue weighted by Gasteiger charge is 2.49. The number of carbonyl (C=O) groups is 1. The van der Waals surface area contributed by atoms with E-state index in [4.69, 9.17) is 28.9 Å². The molecule has 2 aromatic carbocycles. The zero-order chi connectivity index (χ0) is 31.9. The number of alkyl halides is 1. The molecule has 0 bridgehead atoms. The van der Waals surface area contributed by atoms with Gasteiger partial charge in [0.05, 0.1) is 29.0 Å². The lowest BCUT2D eigenvalue weighted by Crippen LogP contribution is -2.43. The van der Waals surface area contributed by atoms with E-state index >= 15 is 0 Å². The lowest BCUT2D eigenvalue weighted by molar-refractivity contribution is -0.0867. The Morgan fingerprint density at radius 3 is 2.78 bits per heavy atom. The van der Waals surface area contributed by atoms with Crippen molar-refractivity contribution in [2.45, 2.75) is 102 Å². The van der Waals surface area contributed by atoms with Gasteiger partial charge in [0.15, 0.2) is 0 Å². The van der Waals surface area contributed by atoms with Gasteiger partial charge < -0.3 is 18.9 Å². The molecular formula is C36H43FN4O5. The van der Waals surface area contributed by atoms with E-state index in [1.54, 1.807) is 0 Å². The molecule has 9 nitrogen and oxygen atoms in total. The monoisotopic (exact) mass is 630 g/mol. The number of ether oxygens (including phenoxy) is 4. The number of fused-ring (bicyclic) bond motifs is 4. The van der Waals surface area contributed by atoms with Crippen molar-refractivity contribution in [2.24, 2.45) is 0 Å². The molecule has 2 saturated heterocycles. The number of carbonyl (C=O) groups excluding carboxylic acids is 1. The molecule has 2 fully saturated rings. The van der Waals surface area contributed by atoms with E-state index in [1.165, 1.54) is 5.56 Å². The summed E-state index contributed by atoms with van der Waals surface area (Å²) in [5.74, 6) is 0.450. The third-order valence-electron chi connectivity index (χ3n) is 9.70. The van der Waals surface area contributed by atoms with Crippen LogP contribution in [-0.4, -0.2) is 58.0 Å². The molecule has 1 amide bonds. The van der Waals surface area contributed by atoms with E-state index in [0.717, 1.165) is 61.0 Å². The minimum atomic E-state index is -0.837. The number of rotatable bonds is 7. The summed E-state index contributed by atoms with van der Waals surface area (Å²) in [4.78, 5) is 24.5. The Balaban J connectivity index is 1.18. The highest BCUT2D eigenvalue weighted by atomic mass is 19.1. The van der Waals surface area contributed by atoms with Gasteiger partial charge in [0.25, 0.3) is 0 Å². The van der Waals surface area contributed by atoms with Crippen LogP contribution >= 0.6 is 0 Å². The second kappa shape index (κ2) is 12.1. The number of nitrogens with zero attached hydrogens (tertiary/aromatic N) is 3. The lowest BCUT2D eigenvalue weighted by Gasteiger charge is -2.42. The summed E-state index contributed by atoms with van der Waals surface area (Å²) >= 11 is 0. The van der Waals surface area contributed by atoms with Crippen LogP contribution in [0.3, 0.4) is 0 Å². The fraction of sp³-hybridized carbons (Fsp3) is 0.528. The van der Waals surface area contributed by atoms with Crippen LogP contribution in [0.1, 0.15) is 80.8 Å². The number of aryl methyl sites for hydroxylation is 1. The van der Waals surface area contributed by atoms with Gasteiger partial charge in [0, 0.05) is 25.1 Å². The summed E-state index contributed by atoms with van der Waals surface area (Å²) < 4.78 is 39.4. The molecule has 3 atom stereocenters. The molecule has 244 valence electrons. The minimum absolute atomic E-state index is 0.249. The second-order valence-corrected chi connectivity index (χ2v) is 14.2. The molecule has 3 aliphatic heterocycles. The Kier molecular flexibility index (Phi) is 8.13. The first kappa shape index (κ1) is 30.9. The molecule has 0 radical (unpaired) electrons. The van der Waals surface area contributed by atoms with Crippen LogP contribution in [0.2, 0.25) is 0 Å². The van der Waals surface area contributed by atoms with Gasteiger partial charge in [-0.3, -0.25) is 10.2 Å². The van der Waals surface area contributed by atoms with Gasteiger partial charge >= 0.3 is 12.1 Å². The summed E-state index contributed by atoms with van der Waals surface area (Å²) in [6, 6.07) is 16.2. The van der Waals surface area contributed by atoms with Crippen molar-refractivity contribution in [1.29, 1.82) is 0 Å². The SMILES string of the molecule is CC(C)(C)OC(=O)Nc1ccc2c(c1)[C@]1(CCC2)Cc2nc(OC[C@@]34CCCN3C[C@H](F)C4)nc(OCc3ccccc3)c2CO1. The van der Waals surface area contributed by atoms with Crippen molar-refractivity contribution in [3.05, 3.63) is 76.5 Å². The Bertz CT molecular complexity index is 1600. The van der Waals surface area contributed by atoms with Crippen LogP contribution in [0, 0.1) is 0 Å². The van der Waals surface area contributed by atoms with Gasteiger partial charge in [0.2, 0.25) is 5.88 Å². The van der Waals surface area contributed by atoms with Crippen molar-refractivity contribution in [3.8, 4) is 11.9 Å². The minimum Gasteiger partial charge on any atom is -0.472 e. The Hall–Kier alpha value is -3.76. The number of amides is 1. The quantitative estimate of drug-likeness (QED) is 0.310. The van der Waals surface area contributed by atoms with Crippen molar-refractivity contribution >= 4 is 11.8 Å². The van der Waals surface area contributed by atoms with Gasteiger partial charge in [-0.05, 0) is 88.2 Å². The fourth-order valence-electron chi connectivity index (χ4n) is 7.62. The molecular weight excluding hydrogens is 587 g/mol. The first-order chi connectivity index (χ1) is 22.1. The van der Waals surface area contributed by atoms with Crippen LogP contribution in [0.25, 0.3) is 0 Å². The summed E-state index contributed by atoms with van der Waals surface area (Å²) in [7, 11) is 0. The van der Waals surface area contributed by atoms with E-state index < -0.39 is 23.5 Å². The first-order valence-corrected chi connectivity index (χ1v) is 16.5. The fourth-order valence-corrected chi connectivity index (χ4v) is 7.62. The number of benzene rings is 2. The van der Waals surface area contributed by atoms with E-state index in [9.17, 15) is 9.18 Å². The molecule has 0 unspecified atom stereocenters. The molecule has 0 saturated carbocycles. The molecule has 10 heteroatoms. The highest BCUT2D eigenvalue weighted by Crippen LogP contribution is 2.47. The average Bonchev–Trinajstić information content (AvgIpc) is 3.54. The summed E-state index contributed by atoms with van der Waals surface area (Å²) in [5.41, 5.74) is 4.03. The number of hydrogen-bond acceptors (Lipinski definition) is 8. The predicted molar refractivity (Wildman–Crippen MR) is 171 cm³/mol. The van der Waals surface area contributed by atoms with Crippen molar-refractivity contribution in [2.75, 3.05) is 25.0 Å². The third-order valence-corrected chi connectivity index (χ3v) is 9.70. The molecule has 1 aliphatic carbocycles. The van der Waals surface area contributed by atoms with E-state index in [2.05, 4.69) is 16.3 Å². The largest absolute Gasteiger partial charge is 0.472 e. The molecule has 46 heavy (non-hydrogen) atoms. The van der Waals surface area contributed by atoms with E-state index in [1.807, 2.05) is 63.2 Å². The second-order valence-electron chi connectivity index (χ2n) is 14.2. The maximum absolute atomic E-state index is 14.5. The number of aromatic nitrogens is 2. The predicted octanol–water partition coefficient (Wildman–Crippen LogP) is 6.66. The normalized spacial score (nSPS) is 25.4. The zero-order valence-corrected chi connectivity index (χ0v) is 26.9. The Morgan fingerprint density at radius 2 is 1.96 bits per heavy atom. The maximum Gasteiger partial charge on any atom is 0.412 e. The van der Waals surface area contributed by atoms with Crippen LogP contribution in [0.5, 0.6) is 11.9 Å². The third kappa shape index (κ3) is 6.29. The summed E-state index contributed by atoms with van der Waals surface area (Å²) in [6.07, 6.45) is 4.30. The Morgan fingerprint density at radius 1 is 1.11 bits per heavy atom. The van der Waals surface area contributed by atoms with Gasteiger partial charge in [-0.25, -0.2) is 9.18 Å². The van der Waals surface area contributed by atoms with Crippen LogP contribution < -0.4 is 14.8 Å². The molecule has 7 rings (SSSR count). The van der Waals surface area contributed by atoms with E-state index in [0.29, 0.717) is 44.2 Å². The number of nitrogens with one attached hydrogen (secondary N) is 1.